The maximum atomic E-state index is 12.8. The third-order valence-electron chi connectivity index (χ3n) is 3.23. The summed E-state index contributed by atoms with van der Waals surface area (Å²) in [5, 5.41) is 5.13. The first-order chi connectivity index (χ1) is 8.95. The highest BCUT2D eigenvalue weighted by Gasteiger charge is 2.21. The van der Waals surface area contributed by atoms with Gasteiger partial charge in [-0.15, -0.1) is 0 Å². The van der Waals surface area contributed by atoms with E-state index in [2.05, 4.69) is 4.90 Å². The molecule has 0 aromatic heterocycles. The highest BCUT2D eigenvalue weighted by Crippen LogP contribution is 2.10. The smallest absolute Gasteiger partial charge is 0.276 e. The number of benzene rings is 1. The predicted octanol–water partition coefficient (Wildman–Crippen LogP) is 0.537. The van der Waals surface area contributed by atoms with Gasteiger partial charge in [0.15, 0.2) is 0 Å². The van der Waals surface area contributed by atoms with Gasteiger partial charge < -0.3 is 0 Å². The van der Waals surface area contributed by atoms with Crippen molar-refractivity contribution >= 4 is 10.2 Å². The minimum atomic E-state index is -3.59. The molecule has 106 valence electrons. The molecule has 0 aliphatic carbocycles. The third-order valence-corrected chi connectivity index (χ3v) is 4.31. The van der Waals surface area contributed by atoms with Crippen LogP contribution in [0.5, 0.6) is 0 Å². The first-order valence-corrected chi connectivity index (χ1v) is 7.70. The van der Waals surface area contributed by atoms with Crippen molar-refractivity contribution in [1.29, 1.82) is 0 Å². The van der Waals surface area contributed by atoms with E-state index in [1.165, 1.54) is 16.4 Å². The molecule has 0 bridgehead atoms. The SMILES string of the molecule is NS(=O)(=O)N1CCCN(Cc2ccc(F)cc2)CC1. The summed E-state index contributed by atoms with van der Waals surface area (Å²) in [4.78, 5) is 2.15. The van der Waals surface area contributed by atoms with Crippen LogP contribution < -0.4 is 5.14 Å². The van der Waals surface area contributed by atoms with Crippen LogP contribution in [0.4, 0.5) is 4.39 Å². The number of hydrogen-bond donors (Lipinski definition) is 1. The Morgan fingerprint density at radius 3 is 2.42 bits per heavy atom. The normalized spacial score (nSPS) is 19.3. The summed E-state index contributed by atoms with van der Waals surface area (Å²) in [6, 6.07) is 6.36. The van der Waals surface area contributed by atoms with Gasteiger partial charge in [-0.25, -0.2) is 9.53 Å². The summed E-state index contributed by atoms with van der Waals surface area (Å²) >= 11 is 0. The standard InChI is InChI=1S/C12H18FN3O2S/c13-12-4-2-11(3-5-12)10-15-6-1-7-16(9-8-15)19(14,17)18/h2-5H,1,6-10H2,(H2,14,17,18). The lowest BCUT2D eigenvalue weighted by Gasteiger charge is -2.20. The van der Waals surface area contributed by atoms with E-state index in [1.807, 2.05) is 0 Å². The molecule has 0 radical (unpaired) electrons. The highest BCUT2D eigenvalue weighted by atomic mass is 32.2. The number of nitrogens with zero attached hydrogens (tertiary/aromatic N) is 2. The summed E-state index contributed by atoms with van der Waals surface area (Å²) in [5.41, 5.74) is 1.02. The predicted molar refractivity (Wildman–Crippen MR) is 71.0 cm³/mol. The Bertz CT molecular complexity index is 518. The van der Waals surface area contributed by atoms with Gasteiger partial charge in [-0.1, -0.05) is 12.1 Å². The van der Waals surface area contributed by atoms with E-state index >= 15 is 0 Å². The van der Waals surface area contributed by atoms with E-state index in [4.69, 9.17) is 5.14 Å². The molecule has 1 heterocycles. The van der Waals surface area contributed by atoms with E-state index in [-0.39, 0.29) is 5.82 Å². The number of rotatable bonds is 3. The fourth-order valence-electron chi connectivity index (χ4n) is 2.21. The van der Waals surface area contributed by atoms with Crippen molar-refractivity contribution < 1.29 is 12.8 Å². The highest BCUT2D eigenvalue weighted by molar-refractivity contribution is 7.86. The van der Waals surface area contributed by atoms with Gasteiger partial charge in [0.25, 0.3) is 10.2 Å². The largest absolute Gasteiger partial charge is 0.298 e. The van der Waals surface area contributed by atoms with Crippen LogP contribution >= 0.6 is 0 Å². The zero-order chi connectivity index (χ0) is 13.9. The number of hydrogen-bond acceptors (Lipinski definition) is 3. The van der Waals surface area contributed by atoms with E-state index in [9.17, 15) is 12.8 Å². The van der Waals surface area contributed by atoms with Crippen LogP contribution in [0.15, 0.2) is 24.3 Å². The zero-order valence-corrected chi connectivity index (χ0v) is 11.4. The first-order valence-electron chi connectivity index (χ1n) is 6.20. The summed E-state index contributed by atoms with van der Waals surface area (Å²) in [6.07, 6.45) is 0.748. The Balaban J connectivity index is 1.94. The molecular formula is C12H18FN3O2S. The molecule has 19 heavy (non-hydrogen) atoms. The van der Waals surface area contributed by atoms with E-state index in [0.29, 0.717) is 26.2 Å². The molecule has 1 fully saturated rings. The van der Waals surface area contributed by atoms with Crippen molar-refractivity contribution in [2.45, 2.75) is 13.0 Å². The summed E-state index contributed by atoms with van der Waals surface area (Å²) in [6.45, 7) is 2.99. The Labute approximate surface area is 113 Å². The molecule has 0 amide bonds. The van der Waals surface area contributed by atoms with Crippen molar-refractivity contribution in [3.63, 3.8) is 0 Å². The van der Waals surface area contributed by atoms with Crippen LogP contribution in [0.1, 0.15) is 12.0 Å². The van der Waals surface area contributed by atoms with Crippen LogP contribution in [-0.2, 0) is 16.8 Å². The van der Waals surface area contributed by atoms with E-state index in [0.717, 1.165) is 18.5 Å². The Hall–Kier alpha value is -1.02. The maximum absolute atomic E-state index is 12.8. The lowest BCUT2D eigenvalue weighted by molar-refractivity contribution is 0.278. The minimum absolute atomic E-state index is 0.250. The molecule has 0 unspecified atom stereocenters. The average Bonchev–Trinajstić information content (AvgIpc) is 2.57. The van der Waals surface area contributed by atoms with Crippen LogP contribution in [0.25, 0.3) is 0 Å². The van der Waals surface area contributed by atoms with Gasteiger partial charge in [-0.05, 0) is 30.7 Å². The number of halogens is 1. The van der Waals surface area contributed by atoms with Crippen molar-refractivity contribution in [3.8, 4) is 0 Å². The van der Waals surface area contributed by atoms with Gasteiger partial charge in [-0.2, -0.15) is 12.7 Å². The van der Waals surface area contributed by atoms with Crippen LogP contribution in [0.2, 0.25) is 0 Å². The molecule has 1 aliphatic rings. The fourth-order valence-corrected chi connectivity index (χ4v) is 2.93. The second-order valence-electron chi connectivity index (χ2n) is 4.70. The van der Waals surface area contributed by atoms with Crippen molar-refractivity contribution in [3.05, 3.63) is 35.6 Å². The van der Waals surface area contributed by atoms with Crippen LogP contribution in [0, 0.1) is 5.82 Å². The molecule has 1 aliphatic heterocycles. The summed E-state index contributed by atoms with van der Waals surface area (Å²) in [7, 11) is -3.59. The third kappa shape index (κ3) is 4.24. The first kappa shape index (κ1) is 14.4. The van der Waals surface area contributed by atoms with Gasteiger partial charge in [0.1, 0.15) is 5.82 Å². The lowest BCUT2D eigenvalue weighted by Crippen LogP contribution is -2.39. The summed E-state index contributed by atoms with van der Waals surface area (Å²) in [5.74, 6) is -0.250. The Morgan fingerprint density at radius 1 is 1.11 bits per heavy atom. The summed E-state index contributed by atoms with van der Waals surface area (Å²) < 4.78 is 36.7. The lowest BCUT2D eigenvalue weighted by atomic mass is 10.2. The van der Waals surface area contributed by atoms with Gasteiger partial charge in [0, 0.05) is 26.2 Å². The van der Waals surface area contributed by atoms with E-state index < -0.39 is 10.2 Å². The zero-order valence-electron chi connectivity index (χ0n) is 10.6. The van der Waals surface area contributed by atoms with E-state index in [1.54, 1.807) is 12.1 Å². The van der Waals surface area contributed by atoms with Crippen LogP contribution in [0.3, 0.4) is 0 Å². The molecular weight excluding hydrogens is 269 g/mol. The number of nitrogens with two attached hydrogens (primary N) is 1. The van der Waals surface area contributed by atoms with Crippen molar-refractivity contribution in [2.75, 3.05) is 26.2 Å². The molecule has 1 aromatic rings. The van der Waals surface area contributed by atoms with Crippen molar-refractivity contribution in [2.24, 2.45) is 5.14 Å². The molecule has 1 aromatic carbocycles. The molecule has 0 spiro atoms. The Morgan fingerprint density at radius 2 is 1.79 bits per heavy atom. The second-order valence-corrected chi connectivity index (χ2v) is 6.25. The molecule has 2 rings (SSSR count). The molecule has 7 heteroatoms. The topological polar surface area (TPSA) is 66.6 Å². The molecule has 0 atom stereocenters. The second kappa shape index (κ2) is 5.96. The maximum Gasteiger partial charge on any atom is 0.276 e. The van der Waals surface area contributed by atoms with Crippen LogP contribution in [-0.4, -0.2) is 43.8 Å². The monoisotopic (exact) mass is 287 g/mol. The average molecular weight is 287 g/mol. The van der Waals surface area contributed by atoms with Crippen molar-refractivity contribution in [1.82, 2.24) is 9.21 Å². The van der Waals surface area contributed by atoms with Gasteiger partial charge >= 0.3 is 0 Å². The minimum Gasteiger partial charge on any atom is -0.298 e. The van der Waals surface area contributed by atoms with Gasteiger partial charge in [0.2, 0.25) is 0 Å². The molecule has 0 saturated carbocycles. The molecule has 5 nitrogen and oxygen atoms in total. The molecule has 1 saturated heterocycles. The van der Waals surface area contributed by atoms with Gasteiger partial charge in [0.05, 0.1) is 0 Å². The van der Waals surface area contributed by atoms with Gasteiger partial charge in [-0.3, -0.25) is 4.90 Å². The Kier molecular flexibility index (Phi) is 4.51. The quantitative estimate of drug-likeness (QED) is 0.882. The molecule has 2 N–H and O–H groups in total. The fraction of sp³-hybridized carbons (Fsp3) is 0.500.